The molecule has 0 amide bonds. The van der Waals surface area contributed by atoms with Gasteiger partial charge in [0.05, 0.1) is 11.4 Å². The number of benzene rings is 2. The van der Waals surface area contributed by atoms with Crippen LogP contribution in [0, 0.1) is 13.8 Å². The minimum absolute atomic E-state index is 0.0993. The summed E-state index contributed by atoms with van der Waals surface area (Å²) in [5, 5.41) is 15.1. The van der Waals surface area contributed by atoms with Crippen LogP contribution in [-0.4, -0.2) is 14.9 Å². The predicted octanol–water partition coefficient (Wildman–Crippen LogP) is 5.16. The van der Waals surface area contributed by atoms with E-state index >= 15 is 0 Å². The average molecular weight is 320 g/mol. The zero-order valence-corrected chi connectivity index (χ0v) is 15.0. The summed E-state index contributed by atoms with van der Waals surface area (Å²) in [5.41, 5.74) is 5.99. The zero-order valence-electron chi connectivity index (χ0n) is 15.0. The lowest BCUT2D eigenvalue weighted by Crippen LogP contribution is -2.13. The highest BCUT2D eigenvalue weighted by atomic mass is 16.3. The highest BCUT2D eigenvalue weighted by molar-refractivity contribution is 5.72. The molecule has 124 valence electrons. The van der Waals surface area contributed by atoms with Gasteiger partial charge in [-0.3, -0.25) is 0 Å². The summed E-state index contributed by atoms with van der Waals surface area (Å²) in [6.45, 7) is 10.5. The molecule has 0 saturated carbocycles. The lowest BCUT2D eigenvalue weighted by Gasteiger charge is -2.21. The van der Waals surface area contributed by atoms with E-state index in [9.17, 15) is 5.11 Å². The summed E-state index contributed by atoms with van der Waals surface area (Å²) < 4.78 is 1.87. The zero-order chi connectivity index (χ0) is 17.5. The summed E-state index contributed by atoms with van der Waals surface area (Å²) in [6, 6.07) is 16.4. The van der Waals surface area contributed by atoms with Gasteiger partial charge in [0, 0.05) is 11.1 Å². The van der Waals surface area contributed by atoms with Gasteiger partial charge in [-0.25, -0.2) is 4.68 Å². The summed E-state index contributed by atoms with van der Waals surface area (Å²) in [4.78, 5) is 0. The fourth-order valence-electron chi connectivity index (χ4n) is 3.13. The van der Waals surface area contributed by atoms with Crippen molar-refractivity contribution in [3.05, 3.63) is 65.2 Å². The Labute approximate surface area is 143 Å². The van der Waals surface area contributed by atoms with Crippen molar-refractivity contribution in [2.45, 2.75) is 40.0 Å². The fourth-order valence-corrected chi connectivity index (χ4v) is 3.13. The third-order valence-corrected chi connectivity index (χ3v) is 4.26. The molecule has 24 heavy (non-hydrogen) atoms. The number of nitrogens with zero attached hydrogens (tertiary/aromatic N) is 2. The Morgan fingerprint density at radius 1 is 0.958 bits per heavy atom. The second-order valence-corrected chi connectivity index (χ2v) is 7.36. The van der Waals surface area contributed by atoms with Gasteiger partial charge in [0.2, 0.25) is 5.88 Å². The Balaban J connectivity index is 2.38. The maximum absolute atomic E-state index is 10.6. The van der Waals surface area contributed by atoms with Gasteiger partial charge in [-0.15, -0.1) is 5.10 Å². The molecule has 0 unspecified atom stereocenters. The van der Waals surface area contributed by atoms with E-state index < -0.39 is 0 Å². The third-order valence-electron chi connectivity index (χ3n) is 4.26. The van der Waals surface area contributed by atoms with Crippen molar-refractivity contribution in [1.82, 2.24) is 9.78 Å². The third kappa shape index (κ3) is 2.82. The minimum Gasteiger partial charge on any atom is -0.492 e. The van der Waals surface area contributed by atoms with E-state index in [0.717, 1.165) is 33.6 Å². The molecule has 0 aliphatic carbocycles. The Morgan fingerprint density at radius 2 is 1.67 bits per heavy atom. The number of aromatic nitrogens is 2. The normalized spacial score (nSPS) is 11.7. The van der Waals surface area contributed by atoms with Crippen LogP contribution >= 0.6 is 0 Å². The van der Waals surface area contributed by atoms with Gasteiger partial charge in [0.25, 0.3) is 0 Å². The topological polar surface area (TPSA) is 38.0 Å². The van der Waals surface area contributed by atoms with Crippen molar-refractivity contribution in [1.29, 1.82) is 0 Å². The molecule has 2 aromatic carbocycles. The first-order chi connectivity index (χ1) is 11.3. The molecule has 0 atom stereocenters. The lowest BCUT2D eigenvalue weighted by molar-refractivity contribution is 0.427. The van der Waals surface area contributed by atoms with E-state index in [-0.39, 0.29) is 11.3 Å². The highest BCUT2D eigenvalue weighted by Gasteiger charge is 2.29. The quantitative estimate of drug-likeness (QED) is 0.708. The van der Waals surface area contributed by atoms with Crippen molar-refractivity contribution >= 4 is 0 Å². The van der Waals surface area contributed by atoms with Crippen LogP contribution in [0.15, 0.2) is 48.5 Å². The van der Waals surface area contributed by atoms with Gasteiger partial charge >= 0.3 is 0 Å². The van der Waals surface area contributed by atoms with Crippen molar-refractivity contribution in [3.8, 4) is 22.8 Å². The standard InChI is InChI=1S/C21H24N2O/c1-14-9-8-11-16(13-14)23-19(17-12-7-6-10-15(17)2)18(20(24)22-23)21(3,4)5/h6-13H,1-5H3,(H,22,24). The fraction of sp³-hybridized carbons (Fsp3) is 0.286. The van der Waals surface area contributed by atoms with E-state index in [4.69, 9.17) is 0 Å². The van der Waals surface area contributed by atoms with Gasteiger partial charge < -0.3 is 5.11 Å². The molecule has 1 N–H and O–H groups in total. The molecule has 0 radical (unpaired) electrons. The maximum Gasteiger partial charge on any atom is 0.235 e. The molecule has 0 bridgehead atoms. The number of rotatable bonds is 2. The molecule has 0 spiro atoms. The largest absolute Gasteiger partial charge is 0.492 e. The van der Waals surface area contributed by atoms with Crippen LogP contribution in [0.25, 0.3) is 16.9 Å². The van der Waals surface area contributed by atoms with Crippen LogP contribution in [0.5, 0.6) is 5.88 Å². The van der Waals surface area contributed by atoms with Crippen LogP contribution in [0.1, 0.15) is 37.5 Å². The van der Waals surface area contributed by atoms with Gasteiger partial charge in [-0.2, -0.15) is 0 Å². The molecular formula is C21H24N2O. The Bertz CT molecular complexity index is 885. The van der Waals surface area contributed by atoms with E-state index in [0.29, 0.717) is 0 Å². The Kier molecular flexibility index (Phi) is 3.96. The summed E-state index contributed by atoms with van der Waals surface area (Å²) in [6.07, 6.45) is 0. The molecule has 0 aliphatic heterocycles. The van der Waals surface area contributed by atoms with Crippen molar-refractivity contribution in [2.75, 3.05) is 0 Å². The van der Waals surface area contributed by atoms with Gasteiger partial charge in [0.1, 0.15) is 0 Å². The second-order valence-electron chi connectivity index (χ2n) is 7.36. The number of hydrogen-bond donors (Lipinski definition) is 1. The van der Waals surface area contributed by atoms with Crippen molar-refractivity contribution in [3.63, 3.8) is 0 Å². The number of aryl methyl sites for hydroxylation is 2. The molecule has 0 aliphatic rings. The summed E-state index contributed by atoms with van der Waals surface area (Å²) in [7, 11) is 0. The number of aromatic hydroxyl groups is 1. The first-order valence-corrected chi connectivity index (χ1v) is 8.24. The van der Waals surface area contributed by atoms with Crippen molar-refractivity contribution in [2.24, 2.45) is 0 Å². The smallest absolute Gasteiger partial charge is 0.235 e. The molecular weight excluding hydrogens is 296 g/mol. The SMILES string of the molecule is Cc1cccc(-n2nc(O)c(C(C)(C)C)c2-c2ccccc2C)c1. The second kappa shape index (κ2) is 5.82. The van der Waals surface area contributed by atoms with Gasteiger partial charge in [-0.1, -0.05) is 57.2 Å². The first-order valence-electron chi connectivity index (χ1n) is 8.24. The molecule has 3 rings (SSSR count). The molecule has 1 aromatic heterocycles. The lowest BCUT2D eigenvalue weighted by atomic mass is 9.84. The molecule has 0 fully saturated rings. The predicted molar refractivity (Wildman–Crippen MR) is 98.8 cm³/mol. The van der Waals surface area contributed by atoms with Crippen LogP contribution < -0.4 is 0 Å². The molecule has 1 heterocycles. The van der Waals surface area contributed by atoms with E-state index in [1.807, 2.05) is 28.9 Å². The first kappa shape index (κ1) is 16.3. The maximum atomic E-state index is 10.6. The molecule has 3 heteroatoms. The highest BCUT2D eigenvalue weighted by Crippen LogP contribution is 2.41. The molecule has 3 aromatic rings. The Morgan fingerprint density at radius 3 is 2.29 bits per heavy atom. The summed E-state index contributed by atoms with van der Waals surface area (Å²) >= 11 is 0. The van der Waals surface area contributed by atoms with Crippen molar-refractivity contribution < 1.29 is 5.11 Å². The van der Waals surface area contributed by atoms with Crippen LogP contribution in [-0.2, 0) is 5.41 Å². The van der Waals surface area contributed by atoms with E-state index in [1.54, 1.807) is 0 Å². The average Bonchev–Trinajstić information content (AvgIpc) is 2.85. The summed E-state index contributed by atoms with van der Waals surface area (Å²) in [5.74, 6) is 0.0993. The van der Waals surface area contributed by atoms with Crippen LogP contribution in [0.2, 0.25) is 0 Å². The van der Waals surface area contributed by atoms with Gasteiger partial charge in [0.15, 0.2) is 0 Å². The van der Waals surface area contributed by atoms with E-state index in [1.165, 1.54) is 0 Å². The van der Waals surface area contributed by atoms with E-state index in [2.05, 4.69) is 64.0 Å². The van der Waals surface area contributed by atoms with Crippen LogP contribution in [0.3, 0.4) is 0 Å². The number of hydrogen-bond acceptors (Lipinski definition) is 2. The molecule has 3 nitrogen and oxygen atoms in total. The monoisotopic (exact) mass is 320 g/mol. The Hall–Kier alpha value is -2.55. The minimum atomic E-state index is -0.218. The molecule has 0 saturated heterocycles. The van der Waals surface area contributed by atoms with Crippen LogP contribution in [0.4, 0.5) is 0 Å². The van der Waals surface area contributed by atoms with Gasteiger partial charge in [-0.05, 0) is 42.5 Å².